The van der Waals surface area contributed by atoms with Gasteiger partial charge in [-0.25, -0.2) is 9.59 Å². The first-order valence-electron chi connectivity index (χ1n) is 8.85. The molecule has 0 unspecified atom stereocenters. The van der Waals surface area contributed by atoms with Crippen molar-refractivity contribution < 1.29 is 19.1 Å². The summed E-state index contributed by atoms with van der Waals surface area (Å²) in [5.74, 6) is -0.737. The van der Waals surface area contributed by atoms with Crippen LogP contribution >= 0.6 is 11.6 Å². The van der Waals surface area contributed by atoms with Gasteiger partial charge in [0.25, 0.3) is 0 Å². The van der Waals surface area contributed by atoms with Gasteiger partial charge < -0.3 is 9.47 Å². The third kappa shape index (κ3) is 6.19. The average Bonchev–Trinajstić information content (AvgIpc) is 2.66. The van der Waals surface area contributed by atoms with E-state index >= 15 is 0 Å². The van der Waals surface area contributed by atoms with Gasteiger partial charge in [0.05, 0.1) is 22.8 Å². The van der Waals surface area contributed by atoms with Crippen molar-refractivity contribution in [1.82, 2.24) is 0 Å². The van der Waals surface area contributed by atoms with Crippen LogP contribution in [0.15, 0.2) is 48.5 Å². The molecule has 0 N–H and O–H groups in total. The number of carbonyl (C=O) groups excluding carboxylic acids is 2. The first-order valence-corrected chi connectivity index (χ1v) is 9.23. The predicted octanol–water partition coefficient (Wildman–Crippen LogP) is 5.69. The summed E-state index contributed by atoms with van der Waals surface area (Å²) < 4.78 is 10.5. The van der Waals surface area contributed by atoms with Crippen molar-refractivity contribution in [1.29, 1.82) is 0 Å². The van der Waals surface area contributed by atoms with Crippen LogP contribution in [0.3, 0.4) is 0 Å². The van der Waals surface area contributed by atoms with E-state index in [9.17, 15) is 9.59 Å². The van der Waals surface area contributed by atoms with Crippen molar-refractivity contribution >= 4 is 23.5 Å². The first-order chi connectivity index (χ1) is 12.6. The van der Waals surface area contributed by atoms with Crippen LogP contribution in [0, 0.1) is 0 Å². The van der Waals surface area contributed by atoms with E-state index in [2.05, 4.69) is 6.92 Å². The Morgan fingerprint density at radius 3 is 2.31 bits per heavy atom. The molecule has 2 aromatic rings. The maximum Gasteiger partial charge on any atom is 0.343 e. The number of halogens is 1. The maximum atomic E-state index is 12.3. The topological polar surface area (TPSA) is 52.6 Å². The minimum absolute atomic E-state index is 0.266. The van der Waals surface area contributed by atoms with E-state index in [1.54, 1.807) is 42.5 Å². The van der Waals surface area contributed by atoms with E-state index in [1.165, 1.54) is 18.9 Å². The lowest BCUT2D eigenvalue weighted by atomic mass is 10.1. The molecule has 0 aliphatic carbocycles. The monoisotopic (exact) mass is 374 g/mol. The zero-order chi connectivity index (χ0) is 18.8. The Hall–Kier alpha value is -2.33. The van der Waals surface area contributed by atoms with Crippen molar-refractivity contribution in [3.8, 4) is 5.75 Å². The second kappa shape index (κ2) is 10.6. The summed E-state index contributed by atoms with van der Waals surface area (Å²) >= 11 is 5.99. The summed E-state index contributed by atoms with van der Waals surface area (Å²) in [5, 5.41) is 0.347. The highest BCUT2D eigenvalue weighted by atomic mass is 35.5. The molecule has 2 rings (SSSR count). The van der Waals surface area contributed by atoms with E-state index in [0.29, 0.717) is 17.2 Å². The molecule has 0 radical (unpaired) electrons. The van der Waals surface area contributed by atoms with Gasteiger partial charge in [-0.2, -0.15) is 0 Å². The molecule has 2 aromatic carbocycles. The van der Waals surface area contributed by atoms with Gasteiger partial charge in [-0.3, -0.25) is 0 Å². The number of esters is 2. The average molecular weight is 375 g/mol. The largest absolute Gasteiger partial charge is 0.462 e. The lowest BCUT2D eigenvalue weighted by Gasteiger charge is -2.08. The van der Waals surface area contributed by atoms with Crippen molar-refractivity contribution in [3.63, 3.8) is 0 Å². The first kappa shape index (κ1) is 20.0. The Morgan fingerprint density at radius 2 is 1.58 bits per heavy atom. The SMILES string of the molecule is CCCCCCCOC(=O)c1cccc(C(=O)Oc2ccccc2Cl)c1. The molecular formula is C21H23ClO4. The number of carbonyl (C=O) groups is 2. The minimum Gasteiger partial charge on any atom is -0.462 e. The Balaban J connectivity index is 1.91. The van der Waals surface area contributed by atoms with Crippen LogP contribution < -0.4 is 4.74 Å². The molecule has 4 nitrogen and oxygen atoms in total. The zero-order valence-electron chi connectivity index (χ0n) is 14.9. The highest BCUT2D eigenvalue weighted by Crippen LogP contribution is 2.24. The lowest BCUT2D eigenvalue weighted by Crippen LogP contribution is -2.11. The third-order valence-electron chi connectivity index (χ3n) is 3.85. The second-order valence-electron chi connectivity index (χ2n) is 5.95. The summed E-state index contributed by atoms with van der Waals surface area (Å²) in [6.07, 6.45) is 5.42. The molecular weight excluding hydrogens is 352 g/mol. The van der Waals surface area contributed by atoms with Crippen LogP contribution in [0.1, 0.15) is 59.7 Å². The molecule has 0 atom stereocenters. The molecule has 0 aliphatic rings. The lowest BCUT2D eigenvalue weighted by molar-refractivity contribution is 0.0497. The molecule has 0 spiro atoms. The summed E-state index contributed by atoms with van der Waals surface area (Å²) in [5.41, 5.74) is 0.592. The fourth-order valence-corrected chi connectivity index (χ4v) is 2.59. The summed E-state index contributed by atoms with van der Waals surface area (Å²) in [7, 11) is 0. The number of hydrogen-bond acceptors (Lipinski definition) is 4. The number of benzene rings is 2. The summed E-state index contributed by atoms with van der Waals surface area (Å²) in [4.78, 5) is 24.4. The third-order valence-corrected chi connectivity index (χ3v) is 4.17. The van der Waals surface area contributed by atoms with Crippen LogP contribution in [-0.2, 0) is 4.74 Å². The second-order valence-corrected chi connectivity index (χ2v) is 6.36. The fraction of sp³-hybridized carbons (Fsp3) is 0.333. The van der Waals surface area contributed by atoms with E-state index in [0.717, 1.165) is 19.3 Å². The van der Waals surface area contributed by atoms with Gasteiger partial charge in [0.1, 0.15) is 5.75 Å². The summed E-state index contributed by atoms with van der Waals surface area (Å²) in [6.45, 7) is 2.54. The summed E-state index contributed by atoms with van der Waals surface area (Å²) in [6, 6.07) is 13.0. The highest BCUT2D eigenvalue weighted by Gasteiger charge is 2.14. The molecule has 0 heterocycles. The highest BCUT2D eigenvalue weighted by molar-refractivity contribution is 6.32. The molecule has 0 saturated heterocycles. The van der Waals surface area contributed by atoms with Gasteiger partial charge in [0.15, 0.2) is 0 Å². The molecule has 0 amide bonds. The molecule has 138 valence electrons. The smallest absolute Gasteiger partial charge is 0.343 e. The molecule has 0 aliphatic heterocycles. The van der Waals surface area contributed by atoms with E-state index in [-0.39, 0.29) is 11.3 Å². The van der Waals surface area contributed by atoms with Gasteiger partial charge in [0, 0.05) is 0 Å². The van der Waals surface area contributed by atoms with Gasteiger partial charge in [-0.15, -0.1) is 0 Å². The fourth-order valence-electron chi connectivity index (χ4n) is 2.41. The molecule has 0 fully saturated rings. The van der Waals surface area contributed by atoms with Crippen molar-refractivity contribution in [2.24, 2.45) is 0 Å². The number of rotatable bonds is 9. The van der Waals surface area contributed by atoms with Gasteiger partial charge >= 0.3 is 11.9 Å². The van der Waals surface area contributed by atoms with Crippen LogP contribution in [0.2, 0.25) is 5.02 Å². The van der Waals surface area contributed by atoms with Crippen molar-refractivity contribution in [2.75, 3.05) is 6.61 Å². The molecule has 5 heteroatoms. The number of para-hydroxylation sites is 1. The Morgan fingerprint density at radius 1 is 0.885 bits per heavy atom. The Labute approximate surface area is 159 Å². The molecule has 0 bridgehead atoms. The van der Waals surface area contributed by atoms with Gasteiger partial charge in [-0.1, -0.05) is 62.4 Å². The van der Waals surface area contributed by atoms with Crippen molar-refractivity contribution in [2.45, 2.75) is 39.0 Å². The molecule has 0 aromatic heterocycles. The van der Waals surface area contributed by atoms with Crippen molar-refractivity contribution in [3.05, 3.63) is 64.7 Å². The maximum absolute atomic E-state index is 12.3. The Bertz CT molecular complexity index is 742. The predicted molar refractivity (Wildman–Crippen MR) is 102 cm³/mol. The number of ether oxygens (including phenoxy) is 2. The van der Waals surface area contributed by atoms with Gasteiger partial charge in [-0.05, 0) is 36.8 Å². The Kier molecular flexibility index (Phi) is 8.16. The normalized spacial score (nSPS) is 10.4. The van der Waals surface area contributed by atoms with E-state index in [1.807, 2.05) is 0 Å². The number of unbranched alkanes of at least 4 members (excludes halogenated alkanes) is 4. The minimum atomic E-state index is -0.577. The standard InChI is InChI=1S/C21H23ClO4/c1-2-3-4-5-8-14-25-20(23)16-10-9-11-17(15-16)21(24)26-19-13-7-6-12-18(19)22/h6-7,9-13,15H,2-5,8,14H2,1H3. The van der Waals surface area contributed by atoms with E-state index < -0.39 is 11.9 Å². The van der Waals surface area contributed by atoms with Crippen LogP contribution in [0.5, 0.6) is 5.75 Å². The van der Waals surface area contributed by atoms with E-state index in [4.69, 9.17) is 21.1 Å². The number of hydrogen-bond donors (Lipinski definition) is 0. The molecule has 0 saturated carbocycles. The zero-order valence-corrected chi connectivity index (χ0v) is 15.6. The van der Waals surface area contributed by atoms with Crippen LogP contribution in [0.4, 0.5) is 0 Å². The van der Waals surface area contributed by atoms with Gasteiger partial charge in [0.2, 0.25) is 0 Å². The van der Waals surface area contributed by atoms with Crippen LogP contribution in [-0.4, -0.2) is 18.5 Å². The van der Waals surface area contributed by atoms with Crippen LogP contribution in [0.25, 0.3) is 0 Å². The quantitative estimate of drug-likeness (QED) is 0.321. The molecule has 26 heavy (non-hydrogen) atoms.